The lowest BCUT2D eigenvalue weighted by Gasteiger charge is -2.17. The second-order valence-corrected chi connectivity index (χ2v) is 6.39. The van der Waals surface area contributed by atoms with Crippen LogP contribution in [0.5, 0.6) is 0 Å². The van der Waals surface area contributed by atoms with E-state index in [0.717, 1.165) is 49.5 Å². The number of carbonyl (C=O) groups excluding carboxylic acids is 1. The van der Waals surface area contributed by atoms with Crippen molar-refractivity contribution in [1.29, 1.82) is 0 Å². The minimum atomic E-state index is 0.00653. The highest BCUT2D eigenvalue weighted by Crippen LogP contribution is 2.48. The average molecular weight is 306 g/mol. The van der Waals surface area contributed by atoms with E-state index in [1.54, 1.807) is 0 Å². The Balaban J connectivity index is 1.45. The summed E-state index contributed by atoms with van der Waals surface area (Å²) < 4.78 is 0. The monoisotopic (exact) mass is 305 g/mol. The smallest absolute Gasteiger partial charge is 0.178 e. The number of carbonyl (C=O) groups is 1. The normalized spacial score (nSPS) is 28.5. The number of nitrogens with zero attached hydrogens (tertiary/aromatic N) is 4. The third kappa shape index (κ3) is 2.65. The van der Waals surface area contributed by atoms with Crippen LogP contribution in [-0.4, -0.2) is 50.9 Å². The van der Waals surface area contributed by atoms with E-state index < -0.39 is 0 Å². The van der Waals surface area contributed by atoms with Crippen LogP contribution in [0.4, 0.5) is 0 Å². The van der Waals surface area contributed by atoms with Gasteiger partial charge in [-0.1, -0.05) is 16.8 Å². The average Bonchev–Trinajstić information content (AvgIpc) is 3.41. The number of rotatable bonds is 5. The van der Waals surface area contributed by atoms with Crippen LogP contribution in [0.2, 0.25) is 0 Å². The molecule has 1 aromatic rings. The molecule has 0 amide bonds. The molecule has 0 unspecified atom stereocenters. The maximum atomic E-state index is 12.5. The van der Waals surface area contributed by atoms with E-state index in [2.05, 4.69) is 25.5 Å². The first-order valence-corrected chi connectivity index (χ1v) is 7.68. The maximum Gasteiger partial charge on any atom is 0.178 e. The topological polar surface area (TPSA) is 74.5 Å². The van der Waals surface area contributed by atoms with Crippen LogP contribution in [0, 0.1) is 5.92 Å². The largest absolute Gasteiger partial charge is 0.297 e. The van der Waals surface area contributed by atoms with Gasteiger partial charge < -0.3 is 0 Å². The van der Waals surface area contributed by atoms with E-state index in [0.29, 0.717) is 5.82 Å². The minimum Gasteiger partial charge on any atom is -0.297 e. The van der Waals surface area contributed by atoms with Crippen molar-refractivity contribution < 1.29 is 4.79 Å². The third-order valence-electron chi connectivity index (χ3n) is 4.43. The van der Waals surface area contributed by atoms with Gasteiger partial charge in [0.1, 0.15) is 0 Å². The molecule has 4 rings (SSSR count). The molecule has 2 aliphatic carbocycles. The number of H-pyrrole nitrogens is 1. The molecule has 7 heteroatoms. The summed E-state index contributed by atoms with van der Waals surface area (Å²) in [6.45, 7) is 3.28. The molecule has 0 spiro atoms. The van der Waals surface area contributed by atoms with Crippen molar-refractivity contribution in [3.63, 3.8) is 0 Å². The van der Waals surface area contributed by atoms with Gasteiger partial charge in [0.15, 0.2) is 11.6 Å². The Kier molecular flexibility index (Phi) is 3.15. The second kappa shape index (κ2) is 5.03. The molecule has 3 aliphatic rings. The van der Waals surface area contributed by atoms with Gasteiger partial charge in [-0.2, -0.15) is 5.21 Å². The van der Waals surface area contributed by atoms with Gasteiger partial charge in [-0.05, 0) is 36.5 Å². The van der Waals surface area contributed by atoms with Crippen LogP contribution < -0.4 is 0 Å². The lowest BCUT2D eigenvalue weighted by molar-refractivity contribution is -0.117. The van der Waals surface area contributed by atoms with E-state index >= 15 is 0 Å². The molecule has 2 heterocycles. The summed E-state index contributed by atoms with van der Waals surface area (Å²) in [5, 5.41) is 14.7. The highest BCUT2D eigenvalue weighted by Gasteiger charge is 2.47. The number of Topliss-reactive ketones (excluding diaryl/α,β-unsaturated/α-hetero) is 1. The summed E-state index contributed by atoms with van der Waals surface area (Å²) in [5.41, 5.74) is 2.11. The standard InChI is InChI=1S/C14H16ClN5O/c15-12-5-8(1-2-9(12)7-20-3-4-20)13(21)10-6-11(10)14-16-18-19-17-14/h5,10-11H,1-4,6-7H2,(H,16,17,18,19)/t10-,11-/m0/s1. The number of nitrogens with one attached hydrogen (secondary N) is 1. The predicted octanol–water partition coefficient (Wildman–Crippen LogP) is 1.40. The highest BCUT2D eigenvalue weighted by molar-refractivity contribution is 6.32. The molecule has 1 N–H and O–H groups in total. The van der Waals surface area contributed by atoms with Crippen LogP contribution in [0.1, 0.15) is 31.0 Å². The third-order valence-corrected chi connectivity index (χ3v) is 4.80. The number of ketones is 1. The SMILES string of the molecule is O=C(C1=CC(Cl)=C(CN2CC2)CC1)[C@H]1C[C@@H]1c1nn[nH]n1. The number of aromatic amines is 1. The number of halogens is 1. The van der Waals surface area contributed by atoms with Crippen molar-refractivity contribution >= 4 is 17.4 Å². The molecule has 0 bridgehead atoms. The Labute approximate surface area is 127 Å². The lowest BCUT2D eigenvalue weighted by atomic mass is 9.93. The molecular weight excluding hydrogens is 290 g/mol. The second-order valence-electron chi connectivity index (χ2n) is 5.98. The minimum absolute atomic E-state index is 0.00653. The fourth-order valence-corrected chi connectivity index (χ4v) is 3.20. The Bertz CT molecular complexity index is 632. The van der Waals surface area contributed by atoms with Crippen LogP contribution in [0.3, 0.4) is 0 Å². The van der Waals surface area contributed by atoms with Gasteiger partial charge >= 0.3 is 0 Å². The molecule has 110 valence electrons. The Morgan fingerprint density at radius 1 is 1.43 bits per heavy atom. The summed E-state index contributed by atoms with van der Waals surface area (Å²) >= 11 is 6.34. The summed E-state index contributed by atoms with van der Waals surface area (Å²) in [6.07, 6.45) is 4.38. The van der Waals surface area contributed by atoms with E-state index in [1.165, 1.54) is 5.57 Å². The molecule has 0 aromatic carbocycles. The van der Waals surface area contributed by atoms with Crippen molar-refractivity contribution in [2.45, 2.75) is 25.2 Å². The number of hydrogen-bond acceptors (Lipinski definition) is 5. The van der Waals surface area contributed by atoms with Crippen molar-refractivity contribution in [3.8, 4) is 0 Å². The van der Waals surface area contributed by atoms with Crippen LogP contribution in [0.25, 0.3) is 0 Å². The zero-order valence-electron chi connectivity index (χ0n) is 11.5. The number of hydrogen-bond donors (Lipinski definition) is 1. The molecule has 1 saturated heterocycles. The highest BCUT2D eigenvalue weighted by atomic mass is 35.5. The molecular formula is C14H16ClN5O. The first kappa shape index (κ1) is 13.2. The van der Waals surface area contributed by atoms with E-state index in [1.807, 2.05) is 6.08 Å². The summed E-state index contributed by atoms with van der Waals surface area (Å²) in [7, 11) is 0. The quantitative estimate of drug-likeness (QED) is 0.832. The van der Waals surface area contributed by atoms with Crippen LogP contribution in [0.15, 0.2) is 22.3 Å². The summed E-state index contributed by atoms with van der Waals surface area (Å²) in [5.74, 6) is 0.980. The molecule has 0 radical (unpaired) electrons. The molecule has 6 nitrogen and oxygen atoms in total. The predicted molar refractivity (Wildman–Crippen MR) is 76.7 cm³/mol. The number of tetrazole rings is 1. The Morgan fingerprint density at radius 2 is 2.29 bits per heavy atom. The van der Waals surface area contributed by atoms with Gasteiger partial charge in [0.05, 0.1) is 0 Å². The molecule has 1 saturated carbocycles. The molecule has 2 atom stereocenters. The van der Waals surface area contributed by atoms with Crippen LogP contribution in [-0.2, 0) is 4.79 Å². The van der Waals surface area contributed by atoms with Crippen molar-refractivity contribution in [2.24, 2.45) is 5.92 Å². The van der Waals surface area contributed by atoms with Crippen molar-refractivity contribution in [3.05, 3.63) is 28.1 Å². The van der Waals surface area contributed by atoms with Gasteiger partial charge in [-0.25, -0.2) is 0 Å². The molecule has 1 aliphatic heterocycles. The Hall–Kier alpha value is -1.53. The van der Waals surface area contributed by atoms with Gasteiger partial charge in [0.2, 0.25) is 0 Å². The summed E-state index contributed by atoms with van der Waals surface area (Å²) in [4.78, 5) is 14.8. The fourth-order valence-electron chi connectivity index (χ4n) is 2.91. The van der Waals surface area contributed by atoms with Crippen molar-refractivity contribution in [2.75, 3.05) is 19.6 Å². The summed E-state index contributed by atoms with van der Waals surface area (Å²) in [6, 6.07) is 0. The van der Waals surface area contributed by atoms with Gasteiger partial charge in [-0.15, -0.1) is 10.2 Å². The number of aromatic nitrogens is 4. The van der Waals surface area contributed by atoms with Gasteiger partial charge in [-0.3, -0.25) is 9.69 Å². The van der Waals surface area contributed by atoms with E-state index in [-0.39, 0.29) is 17.6 Å². The van der Waals surface area contributed by atoms with Gasteiger partial charge in [0.25, 0.3) is 0 Å². The van der Waals surface area contributed by atoms with Crippen LogP contribution >= 0.6 is 11.6 Å². The lowest BCUT2D eigenvalue weighted by Crippen LogP contribution is -2.13. The zero-order valence-corrected chi connectivity index (χ0v) is 12.3. The maximum absolute atomic E-state index is 12.5. The molecule has 2 fully saturated rings. The van der Waals surface area contributed by atoms with E-state index in [9.17, 15) is 4.79 Å². The zero-order chi connectivity index (χ0) is 14.4. The molecule has 21 heavy (non-hydrogen) atoms. The number of allylic oxidation sites excluding steroid dienone is 3. The van der Waals surface area contributed by atoms with Crippen molar-refractivity contribution in [1.82, 2.24) is 25.5 Å². The van der Waals surface area contributed by atoms with E-state index in [4.69, 9.17) is 11.6 Å². The first-order chi connectivity index (χ1) is 10.2. The van der Waals surface area contributed by atoms with Gasteiger partial charge in [0, 0.05) is 36.5 Å². The first-order valence-electron chi connectivity index (χ1n) is 7.30. The Morgan fingerprint density at radius 3 is 2.95 bits per heavy atom. The fraction of sp³-hybridized carbons (Fsp3) is 0.571. The molecule has 1 aromatic heterocycles.